The summed E-state index contributed by atoms with van der Waals surface area (Å²) in [5, 5.41) is 9.44. The Morgan fingerprint density at radius 3 is 2.55 bits per heavy atom. The van der Waals surface area contributed by atoms with E-state index in [1.54, 1.807) is 30.3 Å². The predicted molar refractivity (Wildman–Crippen MR) is 107 cm³/mol. The summed E-state index contributed by atoms with van der Waals surface area (Å²) in [6.45, 7) is -0.362. The van der Waals surface area contributed by atoms with Gasteiger partial charge in [-0.25, -0.2) is 9.78 Å². The molecule has 3 rings (SSSR count). The molecular weight excluding hydrogens is 481 g/mol. The van der Waals surface area contributed by atoms with E-state index in [0.29, 0.717) is 10.5 Å². The summed E-state index contributed by atoms with van der Waals surface area (Å²) in [6.07, 6.45) is -6.18. The van der Waals surface area contributed by atoms with Crippen molar-refractivity contribution in [2.24, 2.45) is 0 Å². The van der Waals surface area contributed by atoms with Crippen LogP contribution in [-0.4, -0.2) is 46.7 Å². The lowest BCUT2D eigenvalue weighted by Gasteiger charge is -2.28. The van der Waals surface area contributed by atoms with Gasteiger partial charge in [0.25, 0.3) is 0 Å². The number of nitrogens with zero attached hydrogens (tertiary/aromatic N) is 4. The lowest BCUT2D eigenvalue weighted by Crippen LogP contribution is -2.49. The minimum absolute atomic E-state index is 0.0582. The summed E-state index contributed by atoms with van der Waals surface area (Å²) < 4.78 is 45.3. The number of pyridine rings is 1. The predicted octanol–water partition coefficient (Wildman–Crippen LogP) is 4.04. The van der Waals surface area contributed by atoms with Gasteiger partial charge >= 0.3 is 18.2 Å². The first kappa shape index (κ1) is 22.6. The van der Waals surface area contributed by atoms with E-state index in [-0.39, 0.29) is 30.0 Å². The van der Waals surface area contributed by atoms with Gasteiger partial charge in [0, 0.05) is 13.0 Å². The number of likely N-dealkylation sites (tertiary alicyclic amines) is 1. The lowest BCUT2D eigenvalue weighted by atomic mass is 10.1. The van der Waals surface area contributed by atoms with Gasteiger partial charge in [-0.2, -0.15) is 18.4 Å². The molecule has 1 aromatic carbocycles. The van der Waals surface area contributed by atoms with Crippen molar-refractivity contribution in [2.75, 3.05) is 11.4 Å². The minimum Gasteiger partial charge on any atom is -0.445 e. The first-order chi connectivity index (χ1) is 14.7. The molecule has 1 saturated heterocycles. The molecule has 11 heteroatoms. The lowest BCUT2D eigenvalue weighted by molar-refractivity contribution is -0.171. The number of carbonyl (C=O) groups excluding carboxylic acids is 2. The van der Waals surface area contributed by atoms with Gasteiger partial charge in [0.05, 0.1) is 12.1 Å². The van der Waals surface area contributed by atoms with Gasteiger partial charge in [-0.3, -0.25) is 14.6 Å². The van der Waals surface area contributed by atoms with Crippen LogP contribution in [0.25, 0.3) is 0 Å². The Bertz CT molecular complexity index is 997. The molecule has 0 saturated carbocycles. The Morgan fingerprint density at radius 1 is 1.23 bits per heavy atom. The first-order valence-electron chi connectivity index (χ1n) is 9.10. The molecule has 0 bridgehead atoms. The molecule has 0 N–H and O–H groups in total. The number of carbonyl (C=O) groups is 2. The average Bonchev–Trinajstić information content (AvgIpc) is 3.16. The Kier molecular flexibility index (Phi) is 6.80. The summed E-state index contributed by atoms with van der Waals surface area (Å²) in [4.78, 5) is 30.2. The molecule has 0 spiro atoms. The molecule has 162 valence electrons. The molecule has 2 aromatic rings. The van der Waals surface area contributed by atoms with Gasteiger partial charge < -0.3 is 4.74 Å². The van der Waals surface area contributed by atoms with Crippen molar-refractivity contribution in [1.29, 1.82) is 5.26 Å². The van der Waals surface area contributed by atoms with Crippen LogP contribution in [-0.2, 0) is 16.1 Å². The van der Waals surface area contributed by atoms with Gasteiger partial charge in [0.15, 0.2) is 0 Å². The molecule has 0 unspecified atom stereocenters. The van der Waals surface area contributed by atoms with Crippen LogP contribution in [0.15, 0.2) is 53.1 Å². The smallest absolute Gasteiger partial charge is 0.445 e. The SMILES string of the molecule is N#C[C@@H]1C[C@H](N(C(=O)C(F)(F)F)c2cccc(Br)n2)CN1C(=O)OCc1ccccc1. The van der Waals surface area contributed by atoms with Crippen molar-refractivity contribution in [2.45, 2.75) is 31.3 Å². The van der Waals surface area contributed by atoms with Crippen LogP contribution in [0.1, 0.15) is 12.0 Å². The molecule has 0 aliphatic carbocycles. The molecule has 31 heavy (non-hydrogen) atoms. The molecule has 7 nitrogen and oxygen atoms in total. The van der Waals surface area contributed by atoms with Gasteiger partial charge in [-0.05, 0) is 33.6 Å². The van der Waals surface area contributed by atoms with Crippen molar-refractivity contribution >= 4 is 33.7 Å². The van der Waals surface area contributed by atoms with Gasteiger partial charge in [-0.15, -0.1) is 0 Å². The number of hydrogen-bond donors (Lipinski definition) is 0. The first-order valence-corrected chi connectivity index (χ1v) is 9.90. The maximum absolute atomic E-state index is 13.3. The number of nitriles is 1. The second-order valence-electron chi connectivity index (χ2n) is 6.72. The largest absolute Gasteiger partial charge is 0.471 e. The molecule has 0 radical (unpaired) electrons. The van der Waals surface area contributed by atoms with E-state index in [0.717, 1.165) is 4.90 Å². The quantitative estimate of drug-likeness (QED) is 0.596. The highest BCUT2D eigenvalue weighted by atomic mass is 79.9. The zero-order valence-electron chi connectivity index (χ0n) is 15.9. The Balaban J connectivity index is 1.82. The number of aromatic nitrogens is 1. The molecule has 1 fully saturated rings. The number of benzene rings is 1. The molecule has 1 aliphatic heterocycles. The van der Waals surface area contributed by atoms with E-state index in [4.69, 9.17) is 4.74 Å². The van der Waals surface area contributed by atoms with Crippen LogP contribution in [0.4, 0.5) is 23.8 Å². The molecule has 2 heterocycles. The molecule has 2 amide bonds. The Morgan fingerprint density at radius 2 is 1.94 bits per heavy atom. The van der Waals surface area contributed by atoms with E-state index in [2.05, 4.69) is 20.9 Å². The van der Waals surface area contributed by atoms with E-state index < -0.39 is 30.3 Å². The van der Waals surface area contributed by atoms with Crippen molar-refractivity contribution in [3.05, 3.63) is 58.7 Å². The minimum atomic E-state index is -5.16. The second-order valence-corrected chi connectivity index (χ2v) is 7.53. The summed E-state index contributed by atoms with van der Waals surface area (Å²) in [6, 6.07) is 12.7. The fourth-order valence-corrected chi connectivity index (χ4v) is 3.59. The monoisotopic (exact) mass is 496 g/mol. The summed E-state index contributed by atoms with van der Waals surface area (Å²) in [5.74, 6) is -2.36. The topological polar surface area (TPSA) is 86.5 Å². The van der Waals surface area contributed by atoms with Crippen molar-refractivity contribution in [3.63, 3.8) is 0 Å². The van der Waals surface area contributed by atoms with Crippen LogP contribution >= 0.6 is 15.9 Å². The van der Waals surface area contributed by atoms with Crippen molar-refractivity contribution in [1.82, 2.24) is 9.88 Å². The van der Waals surface area contributed by atoms with Gasteiger partial charge in [0.2, 0.25) is 0 Å². The fraction of sp³-hybridized carbons (Fsp3) is 0.300. The van der Waals surface area contributed by atoms with Crippen LogP contribution in [0.2, 0.25) is 0 Å². The number of anilines is 1. The van der Waals surface area contributed by atoms with E-state index in [1.165, 1.54) is 18.2 Å². The van der Waals surface area contributed by atoms with Gasteiger partial charge in [0.1, 0.15) is 23.1 Å². The normalized spacial score (nSPS) is 18.4. The molecule has 1 aliphatic rings. The third-order valence-electron chi connectivity index (χ3n) is 4.64. The van der Waals surface area contributed by atoms with Crippen LogP contribution in [0, 0.1) is 11.3 Å². The summed E-state index contributed by atoms with van der Waals surface area (Å²) >= 11 is 3.07. The highest BCUT2D eigenvalue weighted by Crippen LogP contribution is 2.31. The molecule has 1 aromatic heterocycles. The third-order valence-corrected chi connectivity index (χ3v) is 5.08. The standard InChI is InChI=1S/C20H16BrF3N4O3/c21-16-7-4-8-17(26-16)28(18(29)20(22,23)24)15-9-14(10-25)27(11-15)19(30)31-12-13-5-2-1-3-6-13/h1-8,14-15H,9,11-12H2/t14-,15-/m0/s1. The zero-order valence-corrected chi connectivity index (χ0v) is 17.5. The Hall–Kier alpha value is -3.13. The van der Waals surface area contributed by atoms with E-state index in [1.807, 2.05) is 6.07 Å². The highest BCUT2D eigenvalue weighted by molar-refractivity contribution is 9.10. The average molecular weight is 497 g/mol. The second kappa shape index (κ2) is 9.34. The number of ether oxygens (including phenoxy) is 1. The Labute approximate surface area is 184 Å². The van der Waals surface area contributed by atoms with Crippen LogP contribution < -0.4 is 4.90 Å². The number of halogens is 4. The fourth-order valence-electron chi connectivity index (χ4n) is 3.25. The van der Waals surface area contributed by atoms with Gasteiger partial charge in [-0.1, -0.05) is 36.4 Å². The van der Waals surface area contributed by atoms with E-state index >= 15 is 0 Å². The summed E-state index contributed by atoms with van der Waals surface area (Å²) in [7, 11) is 0. The maximum atomic E-state index is 13.3. The molecular formula is C20H16BrF3N4O3. The number of alkyl halides is 3. The number of amides is 2. The zero-order chi connectivity index (χ0) is 22.6. The number of hydrogen-bond acceptors (Lipinski definition) is 5. The van der Waals surface area contributed by atoms with E-state index in [9.17, 15) is 28.0 Å². The molecule has 2 atom stereocenters. The number of rotatable bonds is 4. The third kappa shape index (κ3) is 5.32. The van der Waals surface area contributed by atoms with Crippen LogP contribution in [0.5, 0.6) is 0 Å². The summed E-state index contributed by atoms with van der Waals surface area (Å²) in [5.41, 5.74) is 0.715. The van der Waals surface area contributed by atoms with Crippen LogP contribution in [0.3, 0.4) is 0 Å². The highest BCUT2D eigenvalue weighted by Gasteiger charge is 2.49. The maximum Gasteiger partial charge on any atom is 0.471 e. The van der Waals surface area contributed by atoms with Crippen molar-refractivity contribution < 1.29 is 27.5 Å². The van der Waals surface area contributed by atoms with Crippen molar-refractivity contribution in [3.8, 4) is 6.07 Å².